The minimum Gasteiger partial charge on any atom is -0.393 e. The molecular weight excluding hydrogens is 509 g/mol. The Bertz CT molecular complexity index is 1490. The Morgan fingerprint density at radius 2 is 2.08 bits per heavy atom. The number of ether oxygens (including phenoxy) is 1. The van der Waals surface area contributed by atoms with Crippen LogP contribution in [0.25, 0.3) is 26.2 Å². The molecule has 1 aliphatic rings. The molecule has 5 rings (SSSR count). The van der Waals surface area contributed by atoms with E-state index in [-0.39, 0.29) is 5.91 Å². The highest BCUT2D eigenvalue weighted by Crippen LogP contribution is 2.42. The van der Waals surface area contributed by atoms with Crippen LogP contribution in [0.5, 0.6) is 0 Å². The van der Waals surface area contributed by atoms with Gasteiger partial charge in [-0.2, -0.15) is 0 Å². The van der Waals surface area contributed by atoms with E-state index in [1.807, 2.05) is 43.7 Å². The third-order valence-electron chi connectivity index (χ3n) is 5.74. The lowest BCUT2D eigenvalue weighted by molar-refractivity contribution is 0.0951. The summed E-state index contributed by atoms with van der Waals surface area (Å²) < 4.78 is 10.1. The molecule has 6 bridgehead atoms. The van der Waals surface area contributed by atoms with Gasteiger partial charge in [0.2, 0.25) is 0 Å². The summed E-state index contributed by atoms with van der Waals surface area (Å²) in [7, 11) is 3.59. The van der Waals surface area contributed by atoms with Gasteiger partial charge in [-0.05, 0) is 66.9 Å². The van der Waals surface area contributed by atoms with Gasteiger partial charge >= 0.3 is 0 Å². The first-order valence-corrected chi connectivity index (χ1v) is 13.9. The number of allylic oxidation sites excluding steroid dienone is 2. The van der Waals surface area contributed by atoms with E-state index in [2.05, 4.69) is 46.6 Å². The fourth-order valence-corrected chi connectivity index (χ4v) is 7.08. The molecule has 9 heteroatoms. The van der Waals surface area contributed by atoms with Crippen molar-refractivity contribution >= 4 is 56.3 Å². The van der Waals surface area contributed by atoms with Crippen LogP contribution >= 0.6 is 34.6 Å². The normalized spacial score (nSPS) is 16.7. The number of hydrogen-bond donors (Lipinski definition) is 3. The average Bonchev–Trinajstić information content (AvgIpc) is 3.50. The molecule has 4 heterocycles. The molecule has 4 aromatic rings. The topological polar surface area (TPSA) is 75.3 Å². The van der Waals surface area contributed by atoms with E-state index in [0.29, 0.717) is 18.7 Å². The van der Waals surface area contributed by atoms with Gasteiger partial charge in [0.1, 0.15) is 0 Å². The summed E-state index contributed by atoms with van der Waals surface area (Å²) >= 11 is 4.90. The lowest BCUT2D eigenvalue weighted by atomic mass is 10.1. The van der Waals surface area contributed by atoms with Crippen molar-refractivity contribution in [2.75, 3.05) is 20.8 Å². The van der Waals surface area contributed by atoms with Crippen molar-refractivity contribution < 1.29 is 9.53 Å². The molecule has 0 aliphatic carbocycles. The molecule has 3 aromatic heterocycles. The van der Waals surface area contributed by atoms with E-state index >= 15 is 0 Å². The Morgan fingerprint density at radius 3 is 2.92 bits per heavy atom. The van der Waals surface area contributed by atoms with Crippen LogP contribution in [0, 0.1) is 6.92 Å². The number of aryl methyl sites for hydroxylation is 1. The molecule has 6 nitrogen and oxygen atoms in total. The first kappa shape index (κ1) is 24.6. The Hall–Kier alpha value is -3.11. The highest BCUT2D eigenvalue weighted by Gasteiger charge is 2.18. The van der Waals surface area contributed by atoms with Crippen LogP contribution in [0.4, 0.5) is 0 Å². The van der Waals surface area contributed by atoms with Gasteiger partial charge in [0.05, 0.1) is 23.4 Å². The molecule has 1 aromatic carbocycles. The number of hydrogen-bond acceptors (Lipinski definition) is 8. The number of nitrogens with one attached hydrogen (secondary N) is 3. The van der Waals surface area contributed by atoms with E-state index in [1.54, 1.807) is 29.8 Å². The van der Waals surface area contributed by atoms with E-state index in [1.165, 1.54) is 11.9 Å². The van der Waals surface area contributed by atoms with Crippen LogP contribution in [0.3, 0.4) is 0 Å². The number of thiophene rings is 2. The van der Waals surface area contributed by atoms with Crippen molar-refractivity contribution in [1.29, 1.82) is 0 Å². The van der Waals surface area contributed by atoms with Gasteiger partial charge in [-0.25, -0.2) is 0 Å². The molecule has 0 saturated heterocycles. The summed E-state index contributed by atoms with van der Waals surface area (Å²) in [6, 6.07) is 13.9. The van der Waals surface area contributed by atoms with Crippen molar-refractivity contribution in [1.82, 2.24) is 20.3 Å². The number of rotatable bonds is 3. The van der Waals surface area contributed by atoms with Crippen molar-refractivity contribution in [3.8, 4) is 10.4 Å². The smallest absolute Gasteiger partial charge is 0.251 e. The summed E-state index contributed by atoms with van der Waals surface area (Å²) in [6.07, 6.45) is 5.99. The Balaban J connectivity index is 1.67. The van der Waals surface area contributed by atoms with Gasteiger partial charge in [-0.3, -0.25) is 9.78 Å². The molecule has 0 radical (unpaired) electrons. The van der Waals surface area contributed by atoms with E-state index in [0.717, 1.165) is 52.1 Å². The maximum atomic E-state index is 12.9. The molecule has 1 aliphatic heterocycles. The van der Waals surface area contributed by atoms with Gasteiger partial charge in [0, 0.05) is 68.5 Å². The highest BCUT2D eigenvalue weighted by atomic mass is 32.2. The fourth-order valence-electron chi connectivity index (χ4n) is 4.06. The summed E-state index contributed by atoms with van der Waals surface area (Å²) in [6.45, 7) is 3.03. The molecule has 0 saturated carbocycles. The number of amides is 1. The van der Waals surface area contributed by atoms with Gasteiger partial charge in [0.25, 0.3) is 5.91 Å². The van der Waals surface area contributed by atoms with E-state index in [9.17, 15) is 4.79 Å². The lowest BCUT2D eigenvalue weighted by Gasteiger charge is -2.12. The number of pyridine rings is 1. The van der Waals surface area contributed by atoms with E-state index < -0.39 is 0 Å². The van der Waals surface area contributed by atoms with Gasteiger partial charge < -0.3 is 20.1 Å². The summed E-state index contributed by atoms with van der Waals surface area (Å²) in [5.74, 6) is -0.0924. The number of benzene rings is 1. The fraction of sp³-hybridized carbons (Fsp3) is 0.185. The minimum atomic E-state index is -0.0924. The van der Waals surface area contributed by atoms with Gasteiger partial charge in [-0.15, -0.1) is 22.7 Å². The molecule has 0 spiro atoms. The average molecular weight is 535 g/mol. The monoisotopic (exact) mass is 534 g/mol. The first-order chi connectivity index (χ1) is 17.6. The highest BCUT2D eigenvalue weighted by molar-refractivity contribution is 7.97. The largest absolute Gasteiger partial charge is 0.393 e. The molecular formula is C27H26N4O2S3. The molecule has 3 N–H and O–H groups in total. The van der Waals surface area contributed by atoms with Crippen molar-refractivity contribution in [2.24, 2.45) is 0 Å². The molecule has 1 amide bonds. The molecule has 0 unspecified atom stereocenters. The third kappa shape index (κ3) is 5.05. The number of methoxy groups -OCH3 is 1. The quantitative estimate of drug-likeness (QED) is 0.282. The number of carbonyl (C=O) groups is 1. The number of carbonyl (C=O) groups excluding carboxylic acids is 1. The van der Waals surface area contributed by atoms with Crippen LogP contribution in [-0.2, 0) is 11.3 Å². The molecule has 184 valence electrons. The maximum Gasteiger partial charge on any atom is 0.251 e. The summed E-state index contributed by atoms with van der Waals surface area (Å²) in [4.78, 5) is 22.0. The van der Waals surface area contributed by atoms with Gasteiger partial charge in [0.15, 0.2) is 0 Å². The Labute approximate surface area is 222 Å². The molecule has 0 atom stereocenters. The minimum absolute atomic E-state index is 0.0924. The lowest BCUT2D eigenvalue weighted by Crippen LogP contribution is -2.22. The standard InChI is InChI=1S/C27H26N4O2S3/c1-16-24-26-22(9-10-29-24)23-8-7-21(34-23)14-30-27(32)17-5-4-6-20(12-17)36-31-19(15-33-3)11-18(13-28-2)25(16)35-26/h4-13,28,31H,14-15H2,1-3H3,(H,30,32)/b18-13+,19-11+. The maximum absolute atomic E-state index is 12.9. The van der Waals surface area contributed by atoms with Crippen LogP contribution in [0.2, 0.25) is 0 Å². The zero-order chi connectivity index (χ0) is 25.1. The second kappa shape index (κ2) is 10.9. The Kier molecular flexibility index (Phi) is 7.43. The second-order valence-corrected chi connectivity index (χ2v) is 11.3. The number of fused-ring (bicyclic) bond motifs is 6. The number of aromatic nitrogens is 1. The predicted octanol–water partition coefficient (Wildman–Crippen LogP) is 5.96. The third-order valence-corrected chi connectivity index (χ3v) is 9.08. The summed E-state index contributed by atoms with van der Waals surface area (Å²) in [5, 5.41) is 6.26. The second-order valence-electron chi connectivity index (χ2n) is 8.26. The predicted molar refractivity (Wildman–Crippen MR) is 151 cm³/mol. The molecule has 36 heavy (non-hydrogen) atoms. The molecule has 0 fully saturated rings. The van der Waals surface area contributed by atoms with Crippen LogP contribution in [-0.4, -0.2) is 31.7 Å². The van der Waals surface area contributed by atoms with E-state index in [4.69, 9.17) is 9.72 Å². The Morgan fingerprint density at radius 1 is 1.19 bits per heavy atom. The van der Waals surface area contributed by atoms with Crippen molar-refractivity contribution in [2.45, 2.75) is 18.4 Å². The summed E-state index contributed by atoms with van der Waals surface area (Å²) in [5.41, 5.74) is 5.90. The van der Waals surface area contributed by atoms with Crippen LogP contribution < -0.4 is 15.4 Å². The zero-order valence-electron chi connectivity index (χ0n) is 20.2. The van der Waals surface area contributed by atoms with Gasteiger partial charge in [-0.1, -0.05) is 6.07 Å². The van der Waals surface area contributed by atoms with Crippen LogP contribution in [0.1, 0.15) is 25.7 Å². The van der Waals surface area contributed by atoms with Crippen LogP contribution in [0.15, 0.2) is 71.5 Å². The number of nitrogens with zero attached hydrogens (tertiary/aromatic N) is 1. The van der Waals surface area contributed by atoms with Crippen molar-refractivity contribution in [3.05, 3.63) is 87.5 Å². The zero-order valence-corrected chi connectivity index (χ0v) is 22.6. The SMILES string of the molecule is CN/C=C1\C=C(/COC)NSc2cccc(c2)C(=O)NCc2ccc(s2)-c2ccnc3c(C)c1sc23. The van der Waals surface area contributed by atoms with Crippen molar-refractivity contribution in [3.63, 3.8) is 0 Å². The first-order valence-electron chi connectivity index (χ1n) is 11.4.